The van der Waals surface area contributed by atoms with E-state index in [2.05, 4.69) is 0 Å². The van der Waals surface area contributed by atoms with Crippen molar-refractivity contribution in [2.24, 2.45) is 0 Å². The maximum atomic E-state index is 13.4. The molecule has 0 rings (SSSR count). The number of hydrogen-bond donors (Lipinski definition) is 0. The highest BCUT2D eigenvalue weighted by atomic mass is 35.8. The molecule has 21 heteroatoms. The Morgan fingerprint density at radius 3 is 0.939 bits per heavy atom. The summed E-state index contributed by atoms with van der Waals surface area (Å²) < 4.78 is 220. The quantitative estimate of drug-likeness (QED) is 0.139. The van der Waals surface area contributed by atoms with E-state index in [0.717, 1.165) is 0 Å². The van der Waals surface area contributed by atoms with Crippen molar-refractivity contribution in [1.29, 1.82) is 0 Å². The van der Waals surface area contributed by atoms with Crippen LogP contribution in [0.25, 0.3) is 0 Å². The Balaban J connectivity index is 0. The molecular formula is C12H10Cl3F17Si. The van der Waals surface area contributed by atoms with Crippen molar-refractivity contribution < 1.29 is 74.6 Å². The van der Waals surface area contributed by atoms with Crippen molar-refractivity contribution in [3.8, 4) is 0 Å². The van der Waals surface area contributed by atoms with Crippen LogP contribution in [-0.4, -0.2) is 53.6 Å². The van der Waals surface area contributed by atoms with Crippen molar-refractivity contribution in [1.82, 2.24) is 0 Å². The molecule has 0 aromatic heterocycles. The first-order chi connectivity index (χ1) is 14.0. The Kier molecular flexibility index (Phi) is 10.4. The molecule has 0 aliphatic rings. The van der Waals surface area contributed by atoms with Gasteiger partial charge in [-0.05, 0) is 6.04 Å². The van der Waals surface area contributed by atoms with Crippen LogP contribution in [0.3, 0.4) is 0 Å². The highest BCUT2D eigenvalue weighted by molar-refractivity contribution is 7.64. The molecule has 0 aliphatic heterocycles. The van der Waals surface area contributed by atoms with Crippen LogP contribution in [0.5, 0.6) is 0 Å². The van der Waals surface area contributed by atoms with Crippen molar-refractivity contribution in [2.45, 2.75) is 73.9 Å². The molecule has 0 atom stereocenters. The lowest BCUT2D eigenvalue weighted by Crippen LogP contribution is -2.74. The van der Waals surface area contributed by atoms with E-state index in [-0.39, 0.29) is 0 Å². The van der Waals surface area contributed by atoms with Crippen LogP contribution in [-0.2, 0) is 0 Å². The molecule has 0 saturated carbocycles. The first-order valence-electron chi connectivity index (χ1n) is 7.74. The SMILES string of the molecule is CC.FC(F)(F)C(F)(F)C(F)(F)C(F)(F)C(F)(F)C(F)(F)C(F)(F)C(F)(F)CC[Si](Cl)(Cl)Cl. The third-order valence-corrected chi connectivity index (χ3v) is 6.03. The van der Waals surface area contributed by atoms with Gasteiger partial charge in [-0.25, -0.2) is 0 Å². The van der Waals surface area contributed by atoms with Gasteiger partial charge < -0.3 is 0 Å². The summed E-state index contributed by atoms with van der Waals surface area (Å²) in [4.78, 5) is 0. The zero-order chi connectivity index (χ0) is 27.9. The van der Waals surface area contributed by atoms with E-state index in [1.165, 1.54) is 0 Å². The van der Waals surface area contributed by atoms with Gasteiger partial charge in [0.2, 0.25) is 0 Å². The normalized spacial score (nSPS) is 15.8. The van der Waals surface area contributed by atoms with Crippen molar-refractivity contribution in [3.63, 3.8) is 0 Å². The Morgan fingerprint density at radius 1 is 0.455 bits per heavy atom. The smallest absolute Gasteiger partial charge is 0.200 e. The van der Waals surface area contributed by atoms with E-state index >= 15 is 0 Å². The molecule has 0 nitrogen and oxygen atoms in total. The monoisotopic (exact) mass is 610 g/mol. The van der Waals surface area contributed by atoms with Crippen molar-refractivity contribution >= 4 is 39.2 Å². The molecule has 0 spiro atoms. The lowest BCUT2D eigenvalue weighted by Gasteiger charge is -2.42. The topological polar surface area (TPSA) is 0 Å². The molecule has 0 aromatic carbocycles. The molecule has 0 bridgehead atoms. The van der Waals surface area contributed by atoms with Gasteiger partial charge in [0, 0.05) is 6.42 Å². The average molecular weight is 612 g/mol. The average Bonchev–Trinajstić information content (AvgIpc) is 2.59. The van der Waals surface area contributed by atoms with Crippen LogP contribution in [0.1, 0.15) is 20.3 Å². The summed E-state index contributed by atoms with van der Waals surface area (Å²) in [5.74, 6) is -56.5. The zero-order valence-electron chi connectivity index (χ0n) is 15.5. The van der Waals surface area contributed by atoms with Crippen LogP contribution in [0.4, 0.5) is 74.6 Å². The minimum atomic E-state index is -8.65. The minimum absolute atomic E-state index is 1.71. The Bertz CT molecular complexity index is 653. The maximum Gasteiger partial charge on any atom is 0.460 e. The summed E-state index contributed by atoms with van der Waals surface area (Å²) in [5, 5.41) is 0. The highest BCUT2D eigenvalue weighted by Crippen LogP contribution is 2.64. The van der Waals surface area contributed by atoms with Crippen molar-refractivity contribution in [2.75, 3.05) is 0 Å². The molecule has 0 radical (unpaired) electrons. The number of hydrogen-bond acceptors (Lipinski definition) is 0. The number of alkyl halides is 17. The molecule has 0 N–H and O–H groups in total. The fourth-order valence-corrected chi connectivity index (χ4v) is 3.10. The maximum absolute atomic E-state index is 13.4. The van der Waals surface area contributed by atoms with Gasteiger partial charge in [-0.15, -0.1) is 33.2 Å². The molecule has 0 saturated heterocycles. The van der Waals surface area contributed by atoms with E-state index in [1.54, 1.807) is 0 Å². The summed E-state index contributed by atoms with van der Waals surface area (Å²) >= 11 is 14.9. The Hall–Kier alpha value is -0.103. The lowest BCUT2D eigenvalue weighted by atomic mass is 9.88. The first-order valence-corrected chi connectivity index (χ1v) is 13.0. The van der Waals surface area contributed by atoms with Crippen LogP contribution in [0.2, 0.25) is 6.04 Å². The molecule has 0 aliphatic carbocycles. The van der Waals surface area contributed by atoms with Gasteiger partial charge in [-0.2, -0.15) is 74.6 Å². The number of halogens is 20. The fourth-order valence-electron chi connectivity index (χ4n) is 1.65. The molecule has 202 valence electrons. The van der Waals surface area contributed by atoms with Gasteiger partial charge in [-0.1, -0.05) is 13.8 Å². The van der Waals surface area contributed by atoms with Crippen LogP contribution >= 0.6 is 33.2 Å². The van der Waals surface area contributed by atoms with E-state index in [4.69, 9.17) is 33.2 Å². The zero-order valence-corrected chi connectivity index (χ0v) is 18.7. The summed E-state index contributed by atoms with van der Waals surface area (Å²) in [6.07, 6.45) is -10.5. The summed E-state index contributed by atoms with van der Waals surface area (Å²) in [6.45, 7) is 4.00. The Morgan fingerprint density at radius 2 is 0.697 bits per heavy atom. The first kappa shape index (κ1) is 35.1. The number of rotatable bonds is 9. The van der Waals surface area contributed by atoms with E-state index < -0.39 is 66.1 Å². The summed E-state index contributed by atoms with van der Waals surface area (Å²) in [6, 6.07) is -6.09. The van der Waals surface area contributed by atoms with Crippen LogP contribution < -0.4 is 0 Å². The highest BCUT2D eigenvalue weighted by Gasteiger charge is 2.95. The van der Waals surface area contributed by atoms with Crippen molar-refractivity contribution in [3.05, 3.63) is 0 Å². The molecule has 0 amide bonds. The molecule has 0 fully saturated rings. The van der Waals surface area contributed by atoms with Gasteiger partial charge in [0.1, 0.15) is 0 Å². The van der Waals surface area contributed by atoms with Gasteiger partial charge in [0.05, 0.1) is 0 Å². The third kappa shape index (κ3) is 5.84. The Labute approximate surface area is 188 Å². The molecule has 33 heavy (non-hydrogen) atoms. The predicted octanol–water partition coefficient (Wildman–Crippen LogP) is 9.07. The molecule has 0 aromatic rings. The fraction of sp³-hybridized carbons (Fsp3) is 1.00. The minimum Gasteiger partial charge on any atom is -0.200 e. The van der Waals surface area contributed by atoms with E-state index in [9.17, 15) is 74.6 Å². The third-order valence-electron chi connectivity index (χ3n) is 3.51. The second-order valence-corrected chi connectivity index (χ2v) is 15.0. The lowest BCUT2D eigenvalue weighted by molar-refractivity contribution is -0.461. The van der Waals surface area contributed by atoms with Crippen LogP contribution in [0.15, 0.2) is 0 Å². The standard InChI is InChI=1S/C10H4Cl3F17Si.C2H6/c11-31(12,13)2-1-3(14,15)4(16,17)5(18,19)6(20,21)7(22,23)8(24,25)9(26,27)10(28,29)30;1-2/h1-2H2;1-2H3. The van der Waals surface area contributed by atoms with Gasteiger partial charge >= 0.3 is 53.6 Å². The molecular weight excluding hydrogens is 602 g/mol. The van der Waals surface area contributed by atoms with Gasteiger partial charge in [0.25, 0.3) is 0 Å². The van der Waals surface area contributed by atoms with E-state index in [0.29, 0.717) is 0 Å². The molecule has 0 heterocycles. The summed E-state index contributed by atoms with van der Waals surface area (Å²) in [7, 11) is 0. The second kappa shape index (κ2) is 9.75. The predicted molar refractivity (Wildman–Crippen MR) is 84.8 cm³/mol. The van der Waals surface area contributed by atoms with Crippen LogP contribution in [0, 0.1) is 0 Å². The summed E-state index contributed by atoms with van der Waals surface area (Å²) in [5.41, 5.74) is 0. The largest absolute Gasteiger partial charge is 0.460 e. The molecule has 0 unspecified atom stereocenters. The van der Waals surface area contributed by atoms with Gasteiger partial charge in [0.15, 0.2) is 0 Å². The van der Waals surface area contributed by atoms with Gasteiger partial charge in [-0.3, -0.25) is 0 Å². The van der Waals surface area contributed by atoms with E-state index in [1.807, 2.05) is 13.8 Å². The second-order valence-electron chi connectivity index (χ2n) is 5.76.